The summed E-state index contributed by atoms with van der Waals surface area (Å²) >= 11 is 6.55. The number of ether oxygens (including phenoxy) is 1. The minimum Gasteiger partial charge on any atom is -0.444 e. The number of aryl methyl sites for hydroxylation is 2. The van der Waals surface area contributed by atoms with E-state index in [1.807, 2.05) is 44.3 Å². The lowest BCUT2D eigenvalue weighted by Crippen LogP contribution is -2.46. The van der Waals surface area contributed by atoms with Crippen molar-refractivity contribution in [1.29, 1.82) is 0 Å². The van der Waals surface area contributed by atoms with E-state index in [2.05, 4.69) is 30.0 Å². The minimum atomic E-state index is -0.493. The van der Waals surface area contributed by atoms with Gasteiger partial charge in [0.2, 0.25) is 0 Å². The van der Waals surface area contributed by atoms with Gasteiger partial charge in [0, 0.05) is 31.0 Å². The van der Waals surface area contributed by atoms with Gasteiger partial charge in [0.15, 0.2) is 0 Å². The highest BCUT2D eigenvalue weighted by molar-refractivity contribution is 6.31. The highest BCUT2D eigenvalue weighted by Gasteiger charge is 2.52. The molecule has 0 saturated carbocycles. The number of halogens is 1. The van der Waals surface area contributed by atoms with Crippen molar-refractivity contribution in [3.63, 3.8) is 0 Å². The molecule has 1 spiro atoms. The fourth-order valence-electron chi connectivity index (χ4n) is 5.45. The molecule has 1 unspecified atom stereocenters. The predicted octanol–water partition coefficient (Wildman–Crippen LogP) is 4.91. The lowest BCUT2D eigenvalue weighted by Gasteiger charge is -2.41. The maximum Gasteiger partial charge on any atom is 0.410 e. The third-order valence-electron chi connectivity index (χ3n) is 7.18. The smallest absolute Gasteiger partial charge is 0.410 e. The van der Waals surface area contributed by atoms with Crippen molar-refractivity contribution in [3.05, 3.63) is 40.2 Å². The molecule has 1 amide bonds. The summed E-state index contributed by atoms with van der Waals surface area (Å²) in [5.74, 6) is 1.16. The van der Waals surface area contributed by atoms with E-state index < -0.39 is 5.60 Å². The fraction of sp³-hybridized carbons (Fsp3) is 0.667. The zero-order chi connectivity index (χ0) is 23.5. The summed E-state index contributed by atoms with van der Waals surface area (Å²) in [4.78, 5) is 24.1. The van der Waals surface area contributed by atoms with Gasteiger partial charge in [-0.1, -0.05) is 25.4 Å². The maximum absolute atomic E-state index is 12.6. The molecule has 4 rings (SSSR count). The summed E-state index contributed by atoms with van der Waals surface area (Å²) in [6, 6.07) is 2.11. The molecule has 0 aromatic carbocycles. The van der Waals surface area contributed by atoms with Gasteiger partial charge in [-0.2, -0.15) is 5.10 Å². The fourth-order valence-corrected chi connectivity index (χ4v) is 5.61. The number of carbonyl (C=O) groups excluding carboxylic acids is 1. The Kier molecular flexibility index (Phi) is 5.55. The highest BCUT2D eigenvalue weighted by Crippen LogP contribution is 2.57. The zero-order valence-corrected chi connectivity index (χ0v) is 21.0. The number of nitrogens with zero attached hydrogens (tertiary/aromatic N) is 5. The van der Waals surface area contributed by atoms with Crippen LogP contribution in [0.4, 0.5) is 4.79 Å². The molecule has 3 heterocycles. The molecule has 0 N–H and O–H groups in total. The molecule has 1 fully saturated rings. The third-order valence-corrected chi connectivity index (χ3v) is 7.57. The Morgan fingerprint density at radius 3 is 2.44 bits per heavy atom. The Balaban J connectivity index is 1.67. The Labute approximate surface area is 195 Å². The first-order valence-corrected chi connectivity index (χ1v) is 11.7. The van der Waals surface area contributed by atoms with Gasteiger partial charge in [-0.25, -0.2) is 9.78 Å². The molecule has 1 aliphatic carbocycles. The summed E-state index contributed by atoms with van der Waals surface area (Å²) in [7, 11) is 1.94. The lowest BCUT2D eigenvalue weighted by molar-refractivity contribution is 0.0157. The van der Waals surface area contributed by atoms with E-state index in [0.717, 1.165) is 36.5 Å². The summed E-state index contributed by atoms with van der Waals surface area (Å²) < 4.78 is 7.47. The Morgan fingerprint density at radius 2 is 1.88 bits per heavy atom. The molecule has 0 bridgehead atoms. The molecule has 2 aromatic rings. The first-order chi connectivity index (χ1) is 14.8. The Hall–Kier alpha value is -2.15. The SMILES string of the molecule is Cc1nc2c(cc1Cl)C(C(C)(C)c1ncnn1C)CC21CCN(C(=O)OC(C)(C)C)CC1. The van der Waals surface area contributed by atoms with Crippen molar-refractivity contribution in [2.75, 3.05) is 13.1 Å². The number of pyridine rings is 1. The average molecular weight is 460 g/mol. The molecule has 0 radical (unpaired) electrons. The van der Waals surface area contributed by atoms with Crippen molar-refractivity contribution in [1.82, 2.24) is 24.6 Å². The average Bonchev–Trinajstić information content (AvgIpc) is 3.25. The van der Waals surface area contributed by atoms with Crippen LogP contribution in [0.25, 0.3) is 0 Å². The maximum atomic E-state index is 12.6. The van der Waals surface area contributed by atoms with Gasteiger partial charge in [0.1, 0.15) is 17.8 Å². The topological polar surface area (TPSA) is 73.1 Å². The number of piperidine rings is 1. The number of amides is 1. The number of hydrogen-bond donors (Lipinski definition) is 0. The van der Waals surface area contributed by atoms with Crippen LogP contribution in [-0.4, -0.2) is 49.4 Å². The Bertz CT molecular complexity index is 1030. The van der Waals surface area contributed by atoms with Crippen LogP contribution in [0.1, 0.15) is 82.6 Å². The van der Waals surface area contributed by atoms with E-state index in [-0.39, 0.29) is 22.8 Å². The van der Waals surface area contributed by atoms with Crippen LogP contribution in [0.2, 0.25) is 5.02 Å². The highest BCUT2D eigenvalue weighted by atomic mass is 35.5. The molecule has 32 heavy (non-hydrogen) atoms. The molecule has 8 heteroatoms. The summed E-state index contributed by atoms with van der Waals surface area (Å²) in [6.07, 6.45) is 4.05. The molecule has 1 aliphatic heterocycles. The van der Waals surface area contributed by atoms with E-state index in [1.54, 1.807) is 6.33 Å². The van der Waals surface area contributed by atoms with E-state index in [1.165, 1.54) is 5.56 Å². The van der Waals surface area contributed by atoms with Gasteiger partial charge in [-0.05, 0) is 64.5 Å². The minimum absolute atomic E-state index is 0.0796. The second-order valence-corrected chi connectivity index (χ2v) is 11.3. The summed E-state index contributed by atoms with van der Waals surface area (Å²) in [5.41, 5.74) is 2.39. The standard InChI is InChI=1S/C24H34ClN5O2/c1-15-18(25)12-16-17(23(5,6)20-26-14-27-29(20)7)13-24(19(16)28-15)8-10-30(11-9-24)21(31)32-22(2,3)4/h12,14,17H,8-11,13H2,1-7H3. The molecule has 174 valence electrons. The van der Waals surface area contributed by atoms with Crippen LogP contribution in [0.3, 0.4) is 0 Å². The number of likely N-dealkylation sites (tertiary alicyclic amines) is 1. The number of hydrogen-bond acceptors (Lipinski definition) is 5. The Morgan fingerprint density at radius 1 is 1.22 bits per heavy atom. The molecule has 2 aliphatic rings. The van der Waals surface area contributed by atoms with Gasteiger partial charge in [0.25, 0.3) is 0 Å². The van der Waals surface area contributed by atoms with E-state index in [4.69, 9.17) is 21.3 Å². The molecule has 1 atom stereocenters. The second-order valence-electron chi connectivity index (χ2n) is 10.9. The van der Waals surface area contributed by atoms with Crippen molar-refractivity contribution in [2.45, 2.75) is 83.2 Å². The molecular formula is C24H34ClN5O2. The quantitative estimate of drug-likeness (QED) is 0.638. The third kappa shape index (κ3) is 3.89. The molecule has 2 aromatic heterocycles. The first-order valence-electron chi connectivity index (χ1n) is 11.3. The van der Waals surface area contributed by atoms with E-state index in [9.17, 15) is 4.79 Å². The van der Waals surface area contributed by atoms with Gasteiger partial charge in [-0.15, -0.1) is 0 Å². The van der Waals surface area contributed by atoms with E-state index >= 15 is 0 Å². The van der Waals surface area contributed by atoms with Gasteiger partial charge < -0.3 is 9.64 Å². The van der Waals surface area contributed by atoms with E-state index in [0.29, 0.717) is 18.1 Å². The molecule has 1 saturated heterocycles. The van der Waals surface area contributed by atoms with Gasteiger partial charge in [0.05, 0.1) is 16.4 Å². The van der Waals surface area contributed by atoms with Gasteiger partial charge in [-0.3, -0.25) is 9.67 Å². The summed E-state index contributed by atoms with van der Waals surface area (Å²) in [6.45, 7) is 13.5. The number of fused-ring (bicyclic) bond motifs is 2. The van der Waals surface area contributed by atoms with Crippen molar-refractivity contribution in [3.8, 4) is 0 Å². The van der Waals surface area contributed by atoms with Crippen molar-refractivity contribution < 1.29 is 9.53 Å². The lowest BCUT2D eigenvalue weighted by atomic mass is 9.70. The number of carbonyl (C=O) groups is 1. The van der Waals surface area contributed by atoms with Gasteiger partial charge >= 0.3 is 6.09 Å². The number of aromatic nitrogens is 4. The number of rotatable bonds is 2. The van der Waals surface area contributed by atoms with Crippen LogP contribution in [-0.2, 0) is 22.6 Å². The monoisotopic (exact) mass is 459 g/mol. The van der Waals surface area contributed by atoms with Crippen molar-refractivity contribution >= 4 is 17.7 Å². The van der Waals surface area contributed by atoms with Crippen molar-refractivity contribution in [2.24, 2.45) is 7.05 Å². The normalized spacial score (nSPS) is 20.5. The zero-order valence-electron chi connectivity index (χ0n) is 20.2. The first kappa shape index (κ1) is 23.0. The van der Waals surface area contributed by atoms with Crippen LogP contribution >= 0.6 is 11.6 Å². The predicted molar refractivity (Wildman–Crippen MR) is 124 cm³/mol. The molecule has 7 nitrogen and oxygen atoms in total. The molecular weight excluding hydrogens is 426 g/mol. The second kappa shape index (κ2) is 7.72. The van der Waals surface area contributed by atoms with Crippen LogP contribution in [0, 0.1) is 6.92 Å². The summed E-state index contributed by atoms with van der Waals surface area (Å²) in [5, 5.41) is 5.01. The van der Waals surface area contributed by atoms with Crippen LogP contribution < -0.4 is 0 Å². The largest absolute Gasteiger partial charge is 0.444 e. The van der Waals surface area contributed by atoms with Crippen LogP contribution in [0.15, 0.2) is 12.4 Å². The van der Waals surface area contributed by atoms with Crippen LogP contribution in [0.5, 0.6) is 0 Å².